The number of halogens is 1. The number of thioether (sulfide) groups is 1. The second kappa shape index (κ2) is 7.40. The molecule has 0 saturated heterocycles. The second-order valence-electron chi connectivity index (χ2n) is 4.05. The highest BCUT2D eigenvalue weighted by atomic mass is 32.2. The molecule has 0 saturated carbocycles. The van der Waals surface area contributed by atoms with Crippen molar-refractivity contribution in [2.45, 2.75) is 23.5 Å². The van der Waals surface area contributed by atoms with E-state index in [1.807, 2.05) is 5.38 Å². The minimum Gasteiger partial charge on any atom is -0.469 e. The number of carbonyl (C=O) groups is 1. The van der Waals surface area contributed by atoms with Crippen molar-refractivity contribution in [1.82, 2.24) is 4.98 Å². The molecule has 0 atom stereocenters. The molecular weight excluding hydrogens is 297 g/mol. The normalized spacial score (nSPS) is 10.5. The number of hydrogen-bond acceptors (Lipinski definition) is 5. The Kier molecular flexibility index (Phi) is 5.55. The summed E-state index contributed by atoms with van der Waals surface area (Å²) in [7, 11) is 1.38. The number of ether oxygens (including phenoxy) is 1. The Morgan fingerprint density at radius 2 is 2.15 bits per heavy atom. The van der Waals surface area contributed by atoms with Crippen molar-refractivity contribution in [3.8, 4) is 0 Å². The first-order valence-corrected chi connectivity index (χ1v) is 7.92. The molecule has 1 aromatic carbocycles. The van der Waals surface area contributed by atoms with Crippen LogP contribution < -0.4 is 0 Å². The van der Waals surface area contributed by atoms with Crippen LogP contribution in [0.1, 0.15) is 17.1 Å². The zero-order chi connectivity index (χ0) is 14.4. The molecule has 106 valence electrons. The van der Waals surface area contributed by atoms with E-state index in [4.69, 9.17) is 0 Å². The molecule has 0 bridgehead atoms. The van der Waals surface area contributed by atoms with Gasteiger partial charge in [0.25, 0.3) is 0 Å². The SMILES string of the molecule is COC(=O)CCc1csc(CSc2ccc(F)cc2)n1. The molecule has 0 unspecified atom stereocenters. The summed E-state index contributed by atoms with van der Waals surface area (Å²) in [4.78, 5) is 16.5. The van der Waals surface area contributed by atoms with Gasteiger partial charge in [0.05, 0.1) is 25.0 Å². The standard InChI is InChI=1S/C14H14FNO2S2/c1-18-14(17)7-4-11-8-20-13(16-11)9-19-12-5-2-10(15)3-6-12/h2-3,5-6,8H,4,7,9H2,1H3. The molecule has 0 aliphatic heterocycles. The first kappa shape index (κ1) is 15.0. The van der Waals surface area contributed by atoms with Gasteiger partial charge in [-0.05, 0) is 24.3 Å². The van der Waals surface area contributed by atoms with Crippen LogP contribution in [0, 0.1) is 5.82 Å². The molecule has 2 rings (SSSR count). The largest absolute Gasteiger partial charge is 0.469 e. The maximum Gasteiger partial charge on any atom is 0.305 e. The molecule has 0 amide bonds. The first-order chi connectivity index (χ1) is 9.67. The molecular formula is C14H14FNO2S2. The summed E-state index contributed by atoms with van der Waals surface area (Å²) in [6, 6.07) is 6.41. The maximum atomic E-state index is 12.8. The molecule has 0 N–H and O–H groups in total. The number of nitrogens with zero attached hydrogens (tertiary/aromatic N) is 1. The second-order valence-corrected chi connectivity index (χ2v) is 6.04. The molecule has 1 heterocycles. The molecule has 0 aliphatic carbocycles. The van der Waals surface area contributed by atoms with Crippen LogP contribution in [0.25, 0.3) is 0 Å². The van der Waals surface area contributed by atoms with Gasteiger partial charge in [-0.2, -0.15) is 0 Å². The highest BCUT2D eigenvalue weighted by molar-refractivity contribution is 7.98. The van der Waals surface area contributed by atoms with E-state index < -0.39 is 0 Å². The average molecular weight is 311 g/mol. The fourth-order valence-corrected chi connectivity index (χ4v) is 3.28. The smallest absolute Gasteiger partial charge is 0.305 e. The molecule has 1 aromatic heterocycles. The van der Waals surface area contributed by atoms with Crippen LogP contribution in [-0.2, 0) is 21.7 Å². The van der Waals surface area contributed by atoms with Crippen LogP contribution in [0.3, 0.4) is 0 Å². The fourth-order valence-electron chi connectivity index (χ4n) is 1.54. The van der Waals surface area contributed by atoms with Crippen molar-refractivity contribution < 1.29 is 13.9 Å². The Labute approximate surface area is 125 Å². The van der Waals surface area contributed by atoms with Crippen molar-refractivity contribution in [1.29, 1.82) is 0 Å². The highest BCUT2D eigenvalue weighted by Crippen LogP contribution is 2.24. The van der Waals surface area contributed by atoms with Crippen LogP contribution >= 0.6 is 23.1 Å². The number of esters is 1. The zero-order valence-corrected chi connectivity index (χ0v) is 12.6. The van der Waals surface area contributed by atoms with E-state index in [0.717, 1.165) is 21.3 Å². The first-order valence-electron chi connectivity index (χ1n) is 6.06. The summed E-state index contributed by atoms with van der Waals surface area (Å²) in [5.41, 5.74) is 0.912. The van der Waals surface area contributed by atoms with Gasteiger partial charge in [0, 0.05) is 16.7 Å². The predicted molar refractivity (Wildman–Crippen MR) is 78.4 cm³/mol. The van der Waals surface area contributed by atoms with Crippen molar-refractivity contribution in [3.63, 3.8) is 0 Å². The third-order valence-corrected chi connectivity index (χ3v) is 4.69. The van der Waals surface area contributed by atoms with Gasteiger partial charge in [-0.3, -0.25) is 4.79 Å². The van der Waals surface area contributed by atoms with E-state index in [9.17, 15) is 9.18 Å². The number of hydrogen-bond donors (Lipinski definition) is 0. The van der Waals surface area contributed by atoms with Gasteiger partial charge in [-0.15, -0.1) is 23.1 Å². The van der Waals surface area contributed by atoms with Crippen LogP contribution in [0.2, 0.25) is 0 Å². The minimum atomic E-state index is -0.228. The monoisotopic (exact) mass is 311 g/mol. The Hall–Kier alpha value is -1.40. The molecule has 0 radical (unpaired) electrons. The lowest BCUT2D eigenvalue weighted by atomic mass is 10.2. The van der Waals surface area contributed by atoms with E-state index in [-0.39, 0.29) is 11.8 Å². The fraction of sp³-hybridized carbons (Fsp3) is 0.286. The maximum absolute atomic E-state index is 12.8. The summed E-state index contributed by atoms with van der Waals surface area (Å²) in [5, 5.41) is 2.96. The summed E-state index contributed by atoms with van der Waals surface area (Å²) < 4.78 is 17.4. The van der Waals surface area contributed by atoms with Crippen LogP contribution in [0.4, 0.5) is 4.39 Å². The molecule has 0 aliphatic rings. The molecule has 3 nitrogen and oxygen atoms in total. The molecule has 20 heavy (non-hydrogen) atoms. The lowest BCUT2D eigenvalue weighted by molar-refractivity contribution is -0.140. The van der Waals surface area contributed by atoms with E-state index in [1.54, 1.807) is 35.2 Å². The highest BCUT2D eigenvalue weighted by Gasteiger charge is 2.06. The van der Waals surface area contributed by atoms with Crippen molar-refractivity contribution in [2.24, 2.45) is 0 Å². The Bertz CT molecular complexity index is 569. The van der Waals surface area contributed by atoms with Gasteiger partial charge < -0.3 is 4.74 Å². The Morgan fingerprint density at radius 3 is 2.85 bits per heavy atom. The minimum absolute atomic E-state index is 0.222. The van der Waals surface area contributed by atoms with Gasteiger partial charge in [-0.1, -0.05) is 0 Å². The average Bonchev–Trinajstić information content (AvgIpc) is 2.92. The number of aromatic nitrogens is 1. The van der Waals surface area contributed by atoms with Gasteiger partial charge in [0.2, 0.25) is 0 Å². The molecule has 2 aromatic rings. The lowest BCUT2D eigenvalue weighted by Gasteiger charge is -1.99. The van der Waals surface area contributed by atoms with Crippen LogP contribution in [0.5, 0.6) is 0 Å². The molecule has 0 spiro atoms. The summed E-state index contributed by atoms with van der Waals surface area (Å²) >= 11 is 3.19. The van der Waals surface area contributed by atoms with Crippen molar-refractivity contribution >= 4 is 29.1 Å². The van der Waals surface area contributed by atoms with E-state index in [2.05, 4.69) is 9.72 Å². The number of aryl methyl sites for hydroxylation is 1. The van der Waals surface area contributed by atoms with Crippen molar-refractivity contribution in [3.05, 3.63) is 46.2 Å². The van der Waals surface area contributed by atoms with Gasteiger partial charge in [-0.25, -0.2) is 9.37 Å². The molecule has 0 fully saturated rings. The summed E-state index contributed by atoms with van der Waals surface area (Å²) in [6.45, 7) is 0. The summed E-state index contributed by atoms with van der Waals surface area (Å²) in [5.74, 6) is 0.295. The van der Waals surface area contributed by atoms with Gasteiger partial charge in [0.15, 0.2) is 0 Å². The van der Waals surface area contributed by atoms with E-state index in [1.165, 1.54) is 19.2 Å². The van der Waals surface area contributed by atoms with Gasteiger partial charge in [0.1, 0.15) is 10.8 Å². The Balaban J connectivity index is 1.83. The Morgan fingerprint density at radius 1 is 1.40 bits per heavy atom. The number of benzene rings is 1. The third kappa shape index (κ3) is 4.61. The van der Waals surface area contributed by atoms with Crippen molar-refractivity contribution in [2.75, 3.05) is 7.11 Å². The van der Waals surface area contributed by atoms with E-state index in [0.29, 0.717) is 12.8 Å². The number of thiazole rings is 1. The third-order valence-electron chi connectivity index (χ3n) is 2.59. The summed E-state index contributed by atoms with van der Waals surface area (Å²) in [6.07, 6.45) is 0.954. The zero-order valence-electron chi connectivity index (χ0n) is 11.0. The number of methoxy groups -OCH3 is 1. The quantitative estimate of drug-likeness (QED) is 0.602. The van der Waals surface area contributed by atoms with Crippen LogP contribution in [0.15, 0.2) is 34.5 Å². The lowest BCUT2D eigenvalue weighted by Crippen LogP contribution is -2.02. The topological polar surface area (TPSA) is 39.2 Å². The van der Waals surface area contributed by atoms with E-state index >= 15 is 0 Å². The van der Waals surface area contributed by atoms with Gasteiger partial charge >= 0.3 is 5.97 Å². The number of carbonyl (C=O) groups excluding carboxylic acids is 1. The number of rotatable bonds is 6. The predicted octanol–water partition coefficient (Wildman–Crippen LogP) is 3.68. The van der Waals surface area contributed by atoms with Crippen LogP contribution in [-0.4, -0.2) is 18.1 Å². The molecule has 6 heteroatoms.